The zero-order chi connectivity index (χ0) is 15.2. The number of nitrogens with zero attached hydrogens (tertiary/aromatic N) is 2. The summed E-state index contributed by atoms with van der Waals surface area (Å²) in [5, 5.41) is 2.95. The van der Waals surface area contributed by atoms with Gasteiger partial charge in [-0.3, -0.25) is 14.5 Å². The van der Waals surface area contributed by atoms with Gasteiger partial charge in [-0.2, -0.15) is 0 Å². The highest BCUT2D eigenvalue weighted by Gasteiger charge is 2.32. The van der Waals surface area contributed by atoms with Gasteiger partial charge in [0.15, 0.2) is 5.15 Å². The molecule has 1 N–H and O–H groups in total. The average molecular weight is 312 g/mol. The maximum Gasteiger partial charge on any atom is 0.323 e. The first kappa shape index (κ1) is 15.7. The molecule has 0 saturated carbocycles. The first-order chi connectivity index (χ1) is 10.1. The van der Waals surface area contributed by atoms with Crippen LogP contribution in [0.25, 0.3) is 0 Å². The molecule has 7 heteroatoms. The van der Waals surface area contributed by atoms with Crippen molar-refractivity contribution >= 4 is 29.2 Å². The maximum absolute atomic E-state index is 12.1. The molecular weight excluding hydrogens is 294 g/mol. The summed E-state index contributed by atoms with van der Waals surface area (Å²) < 4.78 is 5.03. The molecule has 21 heavy (non-hydrogen) atoms. The number of rotatable bonds is 5. The molecule has 1 amide bonds. The molecule has 0 radical (unpaired) electrons. The van der Waals surface area contributed by atoms with Crippen LogP contribution in [0.4, 0.5) is 5.69 Å². The lowest BCUT2D eigenvalue weighted by atomic mass is 10.2. The lowest BCUT2D eigenvalue weighted by Gasteiger charge is -2.22. The SMILES string of the molecule is CCOC(=O)C1CCCN1CC(=O)Nc1cccnc1Cl. The van der Waals surface area contributed by atoms with E-state index in [0.717, 1.165) is 12.8 Å². The number of esters is 1. The molecule has 6 nitrogen and oxygen atoms in total. The fraction of sp³-hybridized carbons (Fsp3) is 0.500. The Balaban J connectivity index is 1.93. The van der Waals surface area contributed by atoms with Gasteiger partial charge >= 0.3 is 5.97 Å². The van der Waals surface area contributed by atoms with Crippen LogP contribution in [-0.2, 0) is 14.3 Å². The number of hydrogen-bond donors (Lipinski definition) is 1. The Labute approximate surface area is 128 Å². The van der Waals surface area contributed by atoms with E-state index >= 15 is 0 Å². The van der Waals surface area contributed by atoms with E-state index in [2.05, 4.69) is 10.3 Å². The van der Waals surface area contributed by atoms with Gasteiger partial charge in [-0.25, -0.2) is 4.98 Å². The number of halogens is 1. The number of pyridine rings is 1. The number of ether oxygens (including phenoxy) is 1. The largest absolute Gasteiger partial charge is 0.465 e. The minimum Gasteiger partial charge on any atom is -0.465 e. The maximum atomic E-state index is 12.1. The molecule has 0 bridgehead atoms. The van der Waals surface area contributed by atoms with Crippen LogP contribution in [0, 0.1) is 0 Å². The third-order valence-electron chi connectivity index (χ3n) is 3.30. The van der Waals surface area contributed by atoms with E-state index in [9.17, 15) is 9.59 Å². The number of anilines is 1. The molecule has 0 aliphatic carbocycles. The van der Waals surface area contributed by atoms with Gasteiger partial charge in [0.2, 0.25) is 5.91 Å². The van der Waals surface area contributed by atoms with E-state index < -0.39 is 0 Å². The van der Waals surface area contributed by atoms with Crippen molar-refractivity contribution in [2.45, 2.75) is 25.8 Å². The summed E-state index contributed by atoms with van der Waals surface area (Å²) in [5.74, 6) is -0.483. The van der Waals surface area contributed by atoms with Gasteiger partial charge in [0, 0.05) is 6.20 Å². The summed E-state index contributed by atoms with van der Waals surface area (Å²) in [5.41, 5.74) is 0.469. The summed E-state index contributed by atoms with van der Waals surface area (Å²) >= 11 is 5.89. The first-order valence-corrected chi connectivity index (χ1v) is 7.30. The summed E-state index contributed by atoms with van der Waals surface area (Å²) in [7, 11) is 0. The highest BCUT2D eigenvalue weighted by molar-refractivity contribution is 6.32. The second-order valence-electron chi connectivity index (χ2n) is 4.77. The highest BCUT2D eigenvalue weighted by Crippen LogP contribution is 2.20. The van der Waals surface area contributed by atoms with Gasteiger partial charge in [0.05, 0.1) is 18.8 Å². The fourth-order valence-corrected chi connectivity index (χ4v) is 2.54. The number of carbonyl (C=O) groups is 2. The second kappa shape index (κ2) is 7.38. The molecule has 114 valence electrons. The highest BCUT2D eigenvalue weighted by atomic mass is 35.5. The third-order valence-corrected chi connectivity index (χ3v) is 3.60. The number of aromatic nitrogens is 1. The minimum atomic E-state index is -0.333. The van der Waals surface area contributed by atoms with E-state index in [1.54, 1.807) is 25.3 Å². The van der Waals surface area contributed by atoms with Crippen LogP contribution in [0.1, 0.15) is 19.8 Å². The molecule has 2 rings (SSSR count). The first-order valence-electron chi connectivity index (χ1n) is 6.93. The molecule has 1 saturated heterocycles. The molecule has 1 aliphatic rings. The monoisotopic (exact) mass is 311 g/mol. The van der Waals surface area contributed by atoms with Gasteiger partial charge in [0.1, 0.15) is 6.04 Å². The number of amides is 1. The number of nitrogens with one attached hydrogen (secondary N) is 1. The Hall–Kier alpha value is -1.66. The lowest BCUT2D eigenvalue weighted by molar-refractivity contribution is -0.148. The van der Waals surface area contributed by atoms with Crippen molar-refractivity contribution in [3.05, 3.63) is 23.5 Å². The van der Waals surface area contributed by atoms with Gasteiger partial charge in [-0.05, 0) is 38.4 Å². The molecule has 1 atom stereocenters. The second-order valence-corrected chi connectivity index (χ2v) is 5.13. The van der Waals surface area contributed by atoms with Crippen molar-refractivity contribution in [2.24, 2.45) is 0 Å². The lowest BCUT2D eigenvalue weighted by Crippen LogP contribution is -2.41. The van der Waals surface area contributed by atoms with Crippen molar-refractivity contribution in [1.29, 1.82) is 0 Å². The van der Waals surface area contributed by atoms with Crippen molar-refractivity contribution in [3.63, 3.8) is 0 Å². The molecule has 1 aromatic rings. The number of likely N-dealkylation sites (tertiary alicyclic amines) is 1. The Kier molecular flexibility index (Phi) is 5.52. The summed E-state index contributed by atoms with van der Waals surface area (Å²) in [6.07, 6.45) is 3.15. The van der Waals surface area contributed by atoms with Crippen molar-refractivity contribution in [2.75, 3.05) is 25.0 Å². The van der Waals surface area contributed by atoms with Crippen LogP contribution in [0.5, 0.6) is 0 Å². The number of hydrogen-bond acceptors (Lipinski definition) is 5. The Morgan fingerprint density at radius 3 is 3.10 bits per heavy atom. The van der Waals surface area contributed by atoms with Crippen LogP contribution in [0.2, 0.25) is 5.15 Å². The van der Waals surface area contributed by atoms with E-state index in [1.165, 1.54) is 0 Å². The molecule has 2 heterocycles. The van der Waals surface area contributed by atoms with Crippen LogP contribution in [-0.4, -0.2) is 47.5 Å². The van der Waals surface area contributed by atoms with Crippen molar-refractivity contribution in [1.82, 2.24) is 9.88 Å². The summed E-state index contributed by atoms with van der Waals surface area (Å²) in [6, 6.07) is 3.04. The minimum absolute atomic E-state index is 0.134. The standard InChI is InChI=1S/C14H18ClN3O3/c1-2-21-14(20)11-6-4-8-18(11)9-12(19)17-10-5-3-7-16-13(10)15/h3,5,7,11H,2,4,6,8-9H2,1H3,(H,17,19). The normalized spacial score (nSPS) is 18.5. The quantitative estimate of drug-likeness (QED) is 0.662. The predicted octanol–water partition coefficient (Wildman–Crippen LogP) is 1.70. The Bertz CT molecular complexity index is 524. The van der Waals surface area contributed by atoms with Crippen molar-refractivity contribution in [3.8, 4) is 0 Å². The fourth-order valence-electron chi connectivity index (χ4n) is 2.37. The van der Waals surface area contributed by atoms with E-state index in [0.29, 0.717) is 18.8 Å². The van der Waals surface area contributed by atoms with E-state index in [1.807, 2.05) is 4.90 Å². The van der Waals surface area contributed by atoms with E-state index in [-0.39, 0.29) is 29.6 Å². The molecule has 1 aliphatic heterocycles. The molecule has 1 unspecified atom stereocenters. The van der Waals surface area contributed by atoms with Gasteiger partial charge in [-0.15, -0.1) is 0 Å². The van der Waals surface area contributed by atoms with Crippen LogP contribution < -0.4 is 5.32 Å². The average Bonchev–Trinajstić information content (AvgIpc) is 2.90. The van der Waals surface area contributed by atoms with Crippen LogP contribution >= 0.6 is 11.6 Å². The summed E-state index contributed by atoms with van der Waals surface area (Å²) in [6.45, 7) is 2.96. The number of carbonyl (C=O) groups excluding carboxylic acids is 2. The van der Waals surface area contributed by atoms with Crippen molar-refractivity contribution < 1.29 is 14.3 Å². The predicted molar refractivity (Wildman–Crippen MR) is 79.1 cm³/mol. The van der Waals surface area contributed by atoms with E-state index in [4.69, 9.17) is 16.3 Å². The van der Waals surface area contributed by atoms with Crippen LogP contribution in [0.15, 0.2) is 18.3 Å². The van der Waals surface area contributed by atoms with Gasteiger partial charge < -0.3 is 10.1 Å². The Morgan fingerprint density at radius 1 is 1.57 bits per heavy atom. The molecular formula is C14H18ClN3O3. The Morgan fingerprint density at radius 2 is 2.38 bits per heavy atom. The van der Waals surface area contributed by atoms with Crippen LogP contribution in [0.3, 0.4) is 0 Å². The van der Waals surface area contributed by atoms with Gasteiger partial charge in [-0.1, -0.05) is 11.6 Å². The zero-order valence-corrected chi connectivity index (χ0v) is 12.6. The smallest absolute Gasteiger partial charge is 0.323 e. The summed E-state index contributed by atoms with van der Waals surface area (Å²) in [4.78, 5) is 29.6. The third kappa shape index (κ3) is 4.15. The molecule has 1 aromatic heterocycles. The molecule has 0 aromatic carbocycles. The topological polar surface area (TPSA) is 71.5 Å². The van der Waals surface area contributed by atoms with Gasteiger partial charge in [0.25, 0.3) is 0 Å². The molecule has 0 spiro atoms. The molecule has 1 fully saturated rings. The zero-order valence-electron chi connectivity index (χ0n) is 11.8.